The first-order valence-electron chi connectivity index (χ1n) is 6.67. The van der Waals surface area contributed by atoms with E-state index in [4.69, 9.17) is 0 Å². The lowest BCUT2D eigenvalue weighted by Gasteiger charge is -2.06. The van der Waals surface area contributed by atoms with Crippen molar-refractivity contribution in [1.82, 2.24) is 0 Å². The molecule has 2 rings (SSSR count). The van der Waals surface area contributed by atoms with Gasteiger partial charge in [0.2, 0.25) is 0 Å². The van der Waals surface area contributed by atoms with Gasteiger partial charge in [0, 0.05) is 5.56 Å². The molecule has 2 aromatic rings. The fraction of sp³-hybridized carbons (Fsp3) is 0.222. The van der Waals surface area contributed by atoms with Gasteiger partial charge < -0.3 is 0 Å². The van der Waals surface area contributed by atoms with Crippen molar-refractivity contribution in [2.24, 2.45) is 0 Å². The monoisotopic (exact) mass is 266 g/mol. The SMILES string of the molecule is CC(=O)CC(=O)c1ccc(-c2ccc(C)c(C)c2)cc1. The van der Waals surface area contributed by atoms with E-state index in [1.54, 1.807) is 12.1 Å². The Morgan fingerprint density at radius 3 is 2.00 bits per heavy atom. The van der Waals surface area contributed by atoms with Crippen molar-refractivity contribution in [3.8, 4) is 11.1 Å². The van der Waals surface area contributed by atoms with Crippen LogP contribution in [0.3, 0.4) is 0 Å². The van der Waals surface area contributed by atoms with E-state index in [0.717, 1.165) is 11.1 Å². The summed E-state index contributed by atoms with van der Waals surface area (Å²) in [6.45, 7) is 5.60. The maximum atomic E-state index is 11.8. The number of rotatable bonds is 4. The molecular weight excluding hydrogens is 248 g/mol. The van der Waals surface area contributed by atoms with Crippen LogP contribution in [0, 0.1) is 13.8 Å². The molecule has 0 N–H and O–H groups in total. The zero-order chi connectivity index (χ0) is 14.7. The summed E-state index contributed by atoms with van der Waals surface area (Å²) in [5.41, 5.74) is 5.32. The molecule has 0 saturated carbocycles. The molecule has 0 bridgehead atoms. The Hall–Kier alpha value is -2.22. The molecule has 0 heterocycles. The Kier molecular flexibility index (Phi) is 4.14. The van der Waals surface area contributed by atoms with Crippen LogP contribution in [0.1, 0.15) is 34.8 Å². The van der Waals surface area contributed by atoms with Gasteiger partial charge in [-0.1, -0.05) is 42.5 Å². The fourth-order valence-electron chi connectivity index (χ4n) is 2.10. The standard InChI is InChI=1S/C18H18O2/c1-12-4-5-17(10-13(12)2)15-6-8-16(9-7-15)18(20)11-14(3)19/h4-10H,11H2,1-3H3. The van der Waals surface area contributed by atoms with E-state index in [1.807, 2.05) is 12.1 Å². The smallest absolute Gasteiger partial charge is 0.170 e. The zero-order valence-corrected chi connectivity index (χ0v) is 12.1. The first-order valence-corrected chi connectivity index (χ1v) is 6.67. The van der Waals surface area contributed by atoms with Crippen molar-refractivity contribution in [1.29, 1.82) is 0 Å². The number of benzene rings is 2. The van der Waals surface area contributed by atoms with Crippen LogP contribution in [-0.4, -0.2) is 11.6 Å². The molecule has 102 valence electrons. The quantitative estimate of drug-likeness (QED) is 0.616. The number of hydrogen-bond acceptors (Lipinski definition) is 2. The third-order valence-corrected chi connectivity index (χ3v) is 3.46. The average Bonchev–Trinajstić information content (AvgIpc) is 2.41. The Bertz CT molecular complexity index is 652. The minimum Gasteiger partial charge on any atom is -0.300 e. The average molecular weight is 266 g/mol. The highest BCUT2D eigenvalue weighted by Crippen LogP contribution is 2.22. The van der Waals surface area contributed by atoms with E-state index >= 15 is 0 Å². The van der Waals surface area contributed by atoms with E-state index < -0.39 is 0 Å². The van der Waals surface area contributed by atoms with Crippen molar-refractivity contribution in [3.63, 3.8) is 0 Å². The van der Waals surface area contributed by atoms with Gasteiger partial charge >= 0.3 is 0 Å². The van der Waals surface area contributed by atoms with Crippen LogP contribution in [-0.2, 0) is 4.79 Å². The third kappa shape index (κ3) is 3.21. The molecule has 2 nitrogen and oxygen atoms in total. The number of Topliss-reactive ketones (excluding diaryl/α,β-unsaturated/α-hetero) is 2. The molecule has 0 radical (unpaired) electrons. The molecule has 0 saturated heterocycles. The third-order valence-electron chi connectivity index (χ3n) is 3.46. The summed E-state index contributed by atoms with van der Waals surface area (Å²) < 4.78 is 0. The molecule has 0 amide bonds. The van der Waals surface area contributed by atoms with Crippen LogP contribution < -0.4 is 0 Å². The Labute approximate surface area is 119 Å². The van der Waals surface area contributed by atoms with Crippen LogP contribution in [0.15, 0.2) is 42.5 Å². The molecule has 2 heteroatoms. The summed E-state index contributed by atoms with van der Waals surface area (Å²) in [7, 11) is 0. The summed E-state index contributed by atoms with van der Waals surface area (Å²) in [5.74, 6) is -0.225. The van der Waals surface area contributed by atoms with Crippen LogP contribution in [0.2, 0.25) is 0 Å². The number of ketones is 2. The summed E-state index contributed by atoms with van der Waals surface area (Å²) in [4.78, 5) is 22.7. The molecule has 0 unspecified atom stereocenters. The van der Waals surface area contributed by atoms with Crippen molar-refractivity contribution < 1.29 is 9.59 Å². The molecule has 0 atom stereocenters. The highest BCUT2D eigenvalue weighted by Gasteiger charge is 2.08. The van der Waals surface area contributed by atoms with E-state index in [-0.39, 0.29) is 18.0 Å². The molecule has 0 fully saturated rings. The van der Waals surface area contributed by atoms with Gasteiger partial charge in [-0.2, -0.15) is 0 Å². The second-order valence-electron chi connectivity index (χ2n) is 5.18. The molecule has 2 aromatic carbocycles. The maximum absolute atomic E-state index is 11.8. The summed E-state index contributed by atoms with van der Waals surface area (Å²) in [6.07, 6.45) is -0.0248. The van der Waals surface area contributed by atoms with E-state index in [1.165, 1.54) is 18.1 Å². The molecule has 0 spiro atoms. The van der Waals surface area contributed by atoms with Gasteiger partial charge in [-0.25, -0.2) is 0 Å². The van der Waals surface area contributed by atoms with E-state index in [2.05, 4.69) is 32.0 Å². The van der Waals surface area contributed by atoms with Gasteiger partial charge in [0.15, 0.2) is 5.78 Å². The Balaban J connectivity index is 2.25. The molecule has 20 heavy (non-hydrogen) atoms. The molecule has 0 aromatic heterocycles. The van der Waals surface area contributed by atoms with Gasteiger partial charge in [0.25, 0.3) is 0 Å². The summed E-state index contributed by atoms with van der Waals surface area (Å²) >= 11 is 0. The van der Waals surface area contributed by atoms with Gasteiger partial charge in [-0.05, 0) is 43.0 Å². The number of carbonyl (C=O) groups is 2. The second kappa shape index (κ2) is 5.83. The van der Waals surface area contributed by atoms with Crippen molar-refractivity contribution >= 4 is 11.6 Å². The Morgan fingerprint density at radius 1 is 0.850 bits per heavy atom. The van der Waals surface area contributed by atoms with Crippen LogP contribution in [0.4, 0.5) is 0 Å². The van der Waals surface area contributed by atoms with Crippen molar-refractivity contribution in [2.45, 2.75) is 27.2 Å². The van der Waals surface area contributed by atoms with E-state index in [9.17, 15) is 9.59 Å². The summed E-state index contributed by atoms with van der Waals surface area (Å²) in [5, 5.41) is 0. The van der Waals surface area contributed by atoms with Crippen LogP contribution in [0.5, 0.6) is 0 Å². The summed E-state index contributed by atoms with van der Waals surface area (Å²) in [6, 6.07) is 13.7. The molecule has 0 aliphatic heterocycles. The predicted octanol–water partition coefficient (Wildman–Crippen LogP) is 4.13. The minimum atomic E-state index is -0.121. The first-order chi connectivity index (χ1) is 9.47. The van der Waals surface area contributed by atoms with Crippen molar-refractivity contribution in [3.05, 3.63) is 59.2 Å². The minimum absolute atomic E-state index is 0.0248. The molecule has 0 aliphatic carbocycles. The number of hydrogen-bond donors (Lipinski definition) is 0. The van der Waals surface area contributed by atoms with Gasteiger partial charge in [-0.15, -0.1) is 0 Å². The number of aryl methyl sites for hydroxylation is 2. The lowest BCUT2D eigenvalue weighted by Crippen LogP contribution is -2.04. The first kappa shape index (κ1) is 14.2. The normalized spacial score (nSPS) is 10.3. The lowest BCUT2D eigenvalue weighted by atomic mass is 9.98. The zero-order valence-electron chi connectivity index (χ0n) is 12.1. The maximum Gasteiger partial charge on any atom is 0.170 e. The fourth-order valence-corrected chi connectivity index (χ4v) is 2.10. The van der Waals surface area contributed by atoms with E-state index in [0.29, 0.717) is 5.56 Å². The van der Waals surface area contributed by atoms with Crippen LogP contribution in [0.25, 0.3) is 11.1 Å². The van der Waals surface area contributed by atoms with Gasteiger partial charge in [0.1, 0.15) is 5.78 Å². The second-order valence-corrected chi connectivity index (χ2v) is 5.18. The predicted molar refractivity (Wildman–Crippen MR) is 81.0 cm³/mol. The molecule has 0 aliphatic rings. The van der Waals surface area contributed by atoms with Gasteiger partial charge in [0.05, 0.1) is 6.42 Å². The molecular formula is C18H18O2. The van der Waals surface area contributed by atoms with Gasteiger partial charge in [-0.3, -0.25) is 9.59 Å². The lowest BCUT2D eigenvalue weighted by molar-refractivity contribution is -0.116. The largest absolute Gasteiger partial charge is 0.300 e. The van der Waals surface area contributed by atoms with Crippen molar-refractivity contribution in [2.75, 3.05) is 0 Å². The number of carbonyl (C=O) groups excluding carboxylic acids is 2. The highest BCUT2D eigenvalue weighted by molar-refractivity contribution is 6.07. The Morgan fingerprint density at radius 2 is 1.45 bits per heavy atom. The highest BCUT2D eigenvalue weighted by atomic mass is 16.1. The van der Waals surface area contributed by atoms with Crippen LogP contribution >= 0.6 is 0 Å². The topological polar surface area (TPSA) is 34.1 Å².